The number of nitrogens with zero attached hydrogens (tertiary/aromatic N) is 2. The van der Waals surface area contributed by atoms with Crippen molar-refractivity contribution in [2.45, 2.75) is 26.8 Å². The van der Waals surface area contributed by atoms with Gasteiger partial charge in [-0.2, -0.15) is 0 Å². The van der Waals surface area contributed by atoms with E-state index in [4.69, 9.17) is 0 Å². The smallest absolute Gasteiger partial charge is 0.129 e. The minimum absolute atomic E-state index is 0.853. The van der Waals surface area contributed by atoms with Crippen molar-refractivity contribution in [1.82, 2.24) is 10.3 Å². The standard InChI is InChI=1S/C14H23N3/c1-5-9-17(10-6-2)14-8-7-13(11-15-4)12(3)16-14/h5,7-8,15H,1,6,9-11H2,2-4H3. The van der Waals surface area contributed by atoms with Crippen molar-refractivity contribution in [2.24, 2.45) is 0 Å². The average Bonchev–Trinajstić information content (AvgIpc) is 2.32. The second-order valence-corrected chi connectivity index (χ2v) is 4.18. The number of nitrogens with one attached hydrogen (secondary N) is 1. The Morgan fingerprint density at radius 3 is 2.76 bits per heavy atom. The van der Waals surface area contributed by atoms with E-state index in [1.165, 1.54) is 5.56 Å². The van der Waals surface area contributed by atoms with Gasteiger partial charge >= 0.3 is 0 Å². The van der Waals surface area contributed by atoms with Gasteiger partial charge in [-0.05, 0) is 32.0 Å². The van der Waals surface area contributed by atoms with Gasteiger partial charge in [0, 0.05) is 25.3 Å². The Hall–Kier alpha value is -1.35. The minimum Gasteiger partial charge on any atom is -0.353 e. The lowest BCUT2D eigenvalue weighted by molar-refractivity contribution is 0.783. The summed E-state index contributed by atoms with van der Waals surface area (Å²) in [5, 5.41) is 3.15. The van der Waals surface area contributed by atoms with Crippen LogP contribution >= 0.6 is 0 Å². The molecular weight excluding hydrogens is 210 g/mol. The van der Waals surface area contributed by atoms with Crippen LogP contribution in [0.25, 0.3) is 0 Å². The lowest BCUT2D eigenvalue weighted by Gasteiger charge is -2.22. The van der Waals surface area contributed by atoms with E-state index in [9.17, 15) is 0 Å². The number of hydrogen-bond donors (Lipinski definition) is 1. The van der Waals surface area contributed by atoms with Crippen LogP contribution < -0.4 is 10.2 Å². The lowest BCUT2D eigenvalue weighted by atomic mass is 10.2. The first-order valence-electron chi connectivity index (χ1n) is 6.19. The molecule has 0 aliphatic carbocycles. The van der Waals surface area contributed by atoms with Crippen LogP contribution in [0.4, 0.5) is 5.82 Å². The summed E-state index contributed by atoms with van der Waals surface area (Å²) in [6.45, 7) is 10.8. The third-order valence-electron chi connectivity index (χ3n) is 2.71. The van der Waals surface area contributed by atoms with Crippen molar-refractivity contribution < 1.29 is 0 Å². The maximum absolute atomic E-state index is 4.67. The molecule has 0 aliphatic rings. The Morgan fingerprint density at radius 1 is 1.47 bits per heavy atom. The Balaban J connectivity index is 2.88. The second kappa shape index (κ2) is 7.07. The Labute approximate surface area is 105 Å². The molecule has 1 N–H and O–H groups in total. The maximum atomic E-state index is 4.67. The SMILES string of the molecule is C=CCN(CCC)c1ccc(CNC)c(C)n1. The van der Waals surface area contributed by atoms with Gasteiger partial charge in [0.25, 0.3) is 0 Å². The van der Waals surface area contributed by atoms with E-state index >= 15 is 0 Å². The van der Waals surface area contributed by atoms with E-state index in [2.05, 4.69) is 47.8 Å². The predicted molar refractivity (Wildman–Crippen MR) is 74.4 cm³/mol. The molecule has 0 fully saturated rings. The van der Waals surface area contributed by atoms with Crippen molar-refractivity contribution in [3.8, 4) is 0 Å². The number of pyridine rings is 1. The molecule has 0 atom stereocenters. The molecule has 0 aromatic carbocycles. The van der Waals surface area contributed by atoms with Crippen molar-refractivity contribution in [2.75, 3.05) is 25.0 Å². The van der Waals surface area contributed by atoms with Gasteiger partial charge in [-0.1, -0.05) is 19.1 Å². The van der Waals surface area contributed by atoms with Gasteiger partial charge in [-0.25, -0.2) is 4.98 Å². The van der Waals surface area contributed by atoms with Crippen LogP contribution in [0, 0.1) is 6.92 Å². The fourth-order valence-electron chi connectivity index (χ4n) is 1.86. The highest BCUT2D eigenvalue weighted by molar-refractivity contribution is 5.42. The molecule has 0 saturated carbocycles. The van der Waals surface area contributed by atoms with Gasteiger partial charge in [0.05, 0.1) is 0 Å². The van der Waals surface area contributed by atoms with Gasteiger partial charge in [-0.3, -0.25) is 0 Å². The quantitative estimate of drug-likeness (QED) is 0.733. The summed E-state index contributed by atoms with van der Waals surface area (Å²) >= 11 is 0. The molecule has 0 spiro atoms. The fourth-order valence-corrected chi connectivity index (χ4v) is 1.86. The molecule has 17 heavy (non-hydrogen) atoms. The molecule has 0 aliphatic heterocycles. The summed E-state index contributed by atoms with van der Waals surface area (Å²) in [5.41, 5.74) is 2.35. The van der Waals surface area contributed by atoms with Crippen LogP contribution in [0.2, 0.25) is 0 Å². The Kier molecular flexibility index (Phi) is 5.70. The molecule has 0 unspecified atom stereocenters. The summed E-state index contributed by atoms with van der Waals surface area (Å²) < 4.78 is 0. The predicted octanol–water partition coefficient (Wildman–Crippen LogP) is 2.51. The number of aryl methyl sites for hydroxylation is 1. The zero-order valence-corrected chi connectivity index (χ0v) is 11.2. The normalized spacial score (nSPS) is 10.3. The van der Waals surface area contributed by atoms with Gasteiger partial charge in [0.15, 0.2) is 0 Å². The number of aromatic nitrogens is 1. The largest absolute Gasteiger partial charge is 0.353 e. The molecular formula is C14H23N3. The average molecular weight is 233 g/mol. The summed E-state index contributed by atoms with van der Waals surface area (Å²) in [5.74, 6) is 1.05. The van der Waals surface area contributed by atoms with Crippen LogP contribution in [0.3, 0.4) is 0 Å². The van der Waals surface area contributed by atoms with E-state index in [0.29, 0.717) is 0 Å². The molecule has 1 rings (SSSR count). The first kappa shape index (κ1) is 13.7. The summed E-state index contributed by atoms with van der Waals surface area (Å²) in [6, 6.07) is 4.25. The highest BCUT2D eigenvalue weighted by Gasteiger charge is 2.07. The van der Waals surface area contributed by atoms with Crippen molar-refractivity contribution in [1.29, 1.82) is 0 Å². The van der Waals surface area contributed by atoms with Crippen molar-refractivity contribution in [3.63, 3.8) is 0 Å². The zero-order valence-electron chi connectivity index (χ0n) is 11.2. The highest BCUT2D eigenvalue weighted by Crippen LogP contribution is 2.15. The third-order valence-corrected chi connectivity index (χ3v) is 2.71. The molecule has 0 bridgehead atoms. The monoisotopic (exact) mass is 233 g/mol. The summed E-state index contributed by atoms with van der Waals surface area (Å²) in [7, 11) is 1.95. The molecule has 1 aromatic heterocycles. The van der Waals surface area contributed by atoms with E-state index in [1.807, 2.05) is 13.1 Å². The molecule has 94 valence electrons. The van der Waals surface area contributed by atoms with Gasteiger partial charge < -0.3 is 10.2 Å². The van der Waals surface area contributed by atoms with E-state index in [1.54, 1.807) is 0 Å². The minimum atomic E-state index is 0.853. The molecule has 0 amide bonds. The third kappa shape index (κ3) is 3.86. The first-order chi connectivity index (χ1) is 8.22. The van der Waals surface area contributed by atoms with E-state index in [0.717, 1.165) is 37.6 Å². The number of hydrogen-bond acceptors (Lipinski definition) is 3. The highest BCUT2D eigenvalue weighted by atomic mass is 15.2. The Morgan fingerprint density at radius 2 is 2.24 bits per heavy atom. The van der Waals surface area contributed by atoms with Gasteiger partial charge in [0.1, 0.15) is 5.82 Å². The van der Waals surface area contributed by atoms with Crippen LogP contribution in [0.15, 0.2) is 24.8 Å². The number of rotatable bonds is 7. The number of anilines is 1. The van der Waals surface area contributed by atoms with Crippen LogP contribution in [0.5, 0.6) is 0 Å². The van der Waals surface area contributed by atoms with E-state index in [-0.39, 0.29) is 0 Å². The second-order valence-electron chi connectivity index (χ2n) is 4.18. The molecule has 0 saturated heterocycles. The van der Waals surface area contributed by atoms with Crippen molar-refractivity contribution >= 4 is 5.82 Å². The van der Waals surface area contributed by atoms with E-state index < -0.39 is 0 Å². The summed E-state index contributed by atoms with van der Waals surface area (Å²) in [4.78, 5) is 6.92. The molecule has 3 heteroatoms. The maximum Gasteiger partial charge on any atom is 0.129 e. The van der Waals surface area contributed by atoms with Crippen LogP contribution in [-0.4, -0.2) is 25.1 Å². The zero-order chi connectivity index (χ0) is 12.7. The first-order valence-corrected chi connectivity index (χ1v) is 6.19. The molecule has 3 nitrogen and oxygen atoms in total. The van der Waals surface area contributed by atoms with Gasteiger partial charge in [0.2, 0.25) is 0 Å². The van der Waals surface area contributed by atoms with Crippen molar-refractivity contribution in [3.05, 3.63) is 36.0 Å². The molecule has 0 radical (unpaired) electrons. The molecule has 1 heterocycles. The summed E-state index contributed by atoms with van der Waals surface area (Å²) in [6.07, 6.45) is 3.04. The molecule has 1 aromatic rings. The van der Waals surface area contributed by atoms with Crippen LogP contribution in [0.1, 0.15) is 24.6 Å². The Bertz CT molecular complexity index is 360. The van der Waals surface area contributed by atoms with Gasteiger partial charge in [-0.15, -0.1) is 6.58 Å². The lowest BCUT2D eigenvalue weighted by Crippen LogP contribution is -2.25. The topological polar surface area (TPSA) is 28.2 Å². The fraction of sp³-hybridized carbons (Fsp3) is 0.500. The van der Waals surface area contributed by atoms with Crippen LogP contribution in [-0.2, 0) is 6.54 Å².